The van der Waals surface area contributed by atoms with Crippen LogP contribution in [0.15, 0.2) is 126 Å². The van der Waals surface area contributed by atoms with Crippen molar-refractivity contribution in [2.75, 3.05) is 0 Å². The highest BCUT2D eigenvalue weighted by Gasteiger charge is 2.29. The van der Waals surface area contributed by atoms with Crippen molar-refractivity contribution in [3.8, 4) is 56.3 Å². The number of aromatic nitrogens is 3. The average Bonchev–Trinajstić information content (AvgIpc) is 3.82. The van der Waals surface area contributed by atoms with E-state index in [1.807, 2.05) is 60.8 Å². The minimum Gasteiger partial charge on any atom is -0.504 e. The number of aromatic hydroxyl groups is 1. The van der Waals surface area contributed by atoms with E-state index in [1.165, 1.54) is 0 Å². The van der Waals surface area contributed by atoms with Gasteiger partial charge in [0.05, 0.1) is 34.2 Å². The number of phenols is 1. The number of benzene rings is 5. The minimum absolute atomic E-state index is 0.0103. The standard InChI is InChI=1S/C51H50FN3O2/c1-30(2)39-16-13-17-40(31(3)4)46(39)55-44-29-38(51(8,9)52)28-42(45(44)54-49(55)41-19-18-33-21-23-57-48(33)47(41)56)35-24-36(26-37(25-35)50(5,6)7)43-27-34(20-22-53-43)32-14-11-10-12-15-32/h10-31,56H,1-9H3. The van der Waals surface area contributed by atoms with Crippen molar-refractivity contribution in [3.63, 3.8) is 0 Å². The lowest BCUT2D eigenvalue weighted by Gasteiger charge is -2.24. The zero-order valence-electron chi connectivity index (χ0n) is 34.3. The summed E-state index contributed by atoms with van der Waals surface area (Å²) < 4.78 is 24.5. The molecule has 0 saturated heterocycles. The Labute approximate surface area is 334 Å². The number of rotatable bonds is 8. The van der Waals surface area contributed by atoms with E-state index < -0.39 is 5.67 Å². The van der Waals surface area contributed by atoms with Gasteiger partial charge in [-0.25, -0.2) is 9.37 Å². The Morgan fingerprint density at radius 3 is 2.04 bits per heavy atom. The Kier molecular flexibility index (Phi) is 9.43. The van der Waals surface area contributed by atoms with Crippen LogP contribution in [0.3, 0.4) is 0 Å². The van der Waals surface area contributed by atoms with E-state index in [9.17, 15) is 5.11 Å². The number of alkyl halides is 1. The molecule has 6 heteroatoms. The summed E-state index contributed by atoms with van der Waals surface area (Å²) in [6, 6.07) is 37.1. The molecule has 3 aromatic heterocycles. The maximum Gasteiger partial charge on any atom is 0.176 e. The van der Waals surface area contributed by atoms with E-state index in [2.05, 4.69) is 108 Å². The molecule has 1 N–H and O–H groups in total. The lowest BCUT2D eigenvalue weighted by atomic mass is 9.83. The van der Waals surface area contributed by atoms with Crippen molar-refractivity contribution < 1.29 is 13.9 Å². The second-order valence-electron chi connectivity index (χ2n) is 17.4. The second-order valence-corrected chi connectivity index (χ2v) is 17.4. The van der Waals surface area contributed by atoms with Crippen LogP contribution in [0.2, 0.25) is 0 Å². The normalized spacial score (nSPS) is 12.4. The van der Waals surface area contributed by atoms with Crippen LogP contribution in [-0.2, 0) is 11.1 Å². The van der Waals surface area contributed by atoms with Crippen LogP contribution in [0.25, 0.3) is 72.6 Å². The van der Waals surface area contributed by atoms with Crippen LogP contribution in [0.5, 0.6) is 5.75 Å². The van der Waals surface area contributed by atoms with Gasteiger partial charge in [0, 0.05) is 22.7 Å². The molecule has 3 heterocycles. The van der Waals surface area contributed by atoms with Gasteiger partial charge >= 0.3 is 0 Å². The molecule has 0 radical (unpaired) electrons. The number of para-hydroxylation sites is 1. The highest BCUT2D eigenvalue weighted by Crippen LogP contribution is 2.46. The first kappa shape index (κ1) is 37.9. The molecule has 0 aliphatic carbocycles. The van der Waals surface area contributed by atoms with Crippen LogP contribution in [0.4, 0.5) is 4.39 Å². The highest BCUT2D eigenvalue weighted by atomic mass is 19.1. The lowest BCUT2D eigenvalue weighted by molar-refractivity contribution is 0.222. The molecule has 0 aliphatic rings. The third kappa shape index (κ3) is 6.92. The van der Waals surface area contributed by atoms with Gasteiger partial charge in [0.2, 0.25) is 0 Å². The van der Waals surface area contributed by atoms with Gasteiger partial charge in [0.25, 0.3) is 0 Å². The topological polar surface area (TPSA) is 64.1 Å². The van der Waals surface area contributed by atoms with Gasteiger partial charge in [-0.2, -0.15) is 0 Å². The molecule has 0 spiro atoms. The summed E-state index contributed by atoms with van der Waals surface area (Å²) in [5.74, 6) is 0.887. The first-order valence-electron chi connectivity index (χ1n) is 19.9. The van der Waals surface area contributed by atoms with E-state index >= 15 is 4.39 Å². The molecular formula is C51H50FN3O2. The molecule has 5 nitrogen and oxygen atoms in total. The van der Waals surface area contributed by atoms with E-state index in [0.29, 0.717) is 28.1 Å². The number of phenolic OH excluding ortho intramolecular Hbond substituents is 1. The van der Waals surface area contributed by atoms with Crippen LogP contribution < -0.4 is 0 Å². The number of fused-ring (bicyclic) bond motifs is 2. The SMILES string of the molecule is CC(C)c1cccc(C(C)C)c1-n1c(-c2ccc3ccoc3c2O)nc2c(-c3cc(-c4cc(-c5ccccc5)ccn4)cc(C(C)(C)C)c3)cc(C(C)(C)F)cc21. The zero-order chi connectivity index (χ0) is 40.4. The number of halogens is 1. The first-order chi connectivity index (χ1) is 27.1. The minimum atomic E-state index is -1.68. The smallest absolute Gasteiger partial charge is 0.176 e. The summed E-state index contributed by atoms with van der Waals surface area (Å²) in [5.41, 5.74) is 11.1. The predicted octanol–water partition coefficient (Wildman–Crippen LogP) is 14.3. The number of hydrogen-bond acceptors (Lipinski definition) is 4. The first-order valence-corrected chi connectivity index (χ1v) is 19.9. The number of nitrogens with zero attached hydrogens (tertiary/aromatic N) is 3. The number of hydrogen-bond donors (Lipinski definition) is 1. The molecule has 0 saturated carbocycles. The van der Waals surface area contributed by atoms with Gasteiger partial charge < -0.3 is 9.52 Å². The Bertz CT molecular complexity index is 2750. The van der Waals surface area contributed by atoms with Crippen molar-refractivity contribution in [2.45, 2.75) is 85.2 Å². The zero-order valence-corrected chi connectivity index (χ0v) is 34.3. The van der Waals surface area contributed by atoms with E-state index in [0.717, 1.165) is 66.8 Å². The number of imidazole rings is 1. The molecular weight excluding hydrogens is 706 g/mol. The molecule has 0 amide bonds. The van der Waals surface area contributed by atoms with Crippen molar-refractivity contribution >= 4 is 22.0 Å². The summed E-state index contributed by atoms with van der Waals surface area (Å²) in [4.78, 5) is 10.4. The summed E-state index contributed by atoms with van der Waals surface area (Å²) in [5, 5.41) is 12.7. The molecule has 288 valence electrons. The Morgan fingerprint density at radius 2 is 1.37 bits per heavy atom. The van der Waals surface area contributed by atoms with Gasteiger partial charge in [-0.05, 0) is 119 Å². The van der Waals surface area contributed by atoms with Gasteiger partial charge in [-0.15, -0.1) is 0 Å². The molecule has 0 fully saturated rings. The lowest BCUT2D eigenvalue weighted by Crippen LogP contribution is -2.12. The van der Waals surface area contributed by atoms with E-state index in [1.54, 1.807) is 20.1 Å². The fourth-order valence-corrected chi connectivity index (χ4v) is 7.88. The third-order valence-corrected chi connectivity index (χ3v) is 11.1. The largest absolute Gasteiger partial charge is 0.504 e. The number of pyridine rings is 1. The van der Waals surface area contributed by atoms with Gasteiger partial charge in [-0.1, -0.05) is 109 Å². The molecule has 0 unspecified atom stereocenters. The fraction of sp³-hybridized carbons (Fsp3) is 0.255. The third-order valence-electron chi connectivity index (χ3n) is 11.1. The maximum absolute atomic E-state index is 16.6. The Balaban J connectivity index is 1.50. The van der Waals surface area contributed by atoms with Crippen LogP contribution in [-0.4, -0.2) is 19.6 Å². The summed E-state index contributed by atoms with van der Waals surface area (Å²) in [7, 11) is 0. The Hall–Kier alpha value is -6.01. The van der Waals surface area contributed by atoms with Crippen molar-refractivity contribution in [3.05, 3.63) is 144 Å². The maximum atomic E-state index is 16.6. The van der Waals surface area contributed by atoms with Crippen LogP contribution in [0.1, 0.15) is 96.4 Å². The molecule has 5 aromatic carbocycles. The second kappa shape index (κ2) is 14.2. The summed E-state index contributed by atoms with van der Waals surface area (Å²) in [6.45, 7) is 18.6. The van der Waals surface area contributed by atoms with Crippen LogP contribution in [0, 0.1) is 0 Å². The van der Waals surface area contributed by atoms with Crippen LogP contribution >= 0.6 is 0 Å². The highest BCUT2D eigenvalue weighted by molar-refractivity contribution is 5.99. The van der Waals surface area contributed by atoms with Gasteiger partial charge in [0.15, 0.2) is 11.3 Å². The summed E-state index contributed by atoms with van der Waals surface area (Å²) in [6.07, 6.45) is 3.44. The van der Waals surface area contributed by atoms with Crippen molar-refractivity contribution in [2.24, 2.45) is 0 Å². The number of furan rings is 1. The van der Waals surface area contributed by atoms with E-state index in [-0.39, 0.29) is 23.0 Å². The molecule has 0 aliphatic heterocycles. The quantitative estimate of drug-likeness (QED) is 0.168. The van der Waals surface area contributed by atoms with Crippen molar-refractivity contribution in [1.82, 2.24) is 14.5 Å². The molecule has 0 bridgehead atoms. The van der Waals surface area contributed by atoms with Gasteiger partial charge in [0.1, 0.15) is 11.5 Å². The molecule has 0 atom stereocenters. The molecule has 8 rings (SSSR count). The average molecular weight is 756 g/mol. The fourth-order valence-electron chi connectivity index (χ4n) is 7.88. The molecule has 57 heavy (non-hydrogen) atoms. The van der Waals surface area contributed by atoms with Gasteiger partial charge in [-0.3, -0.25) is 9.55 Å². The Morgan fingerprint density at radius 1 is 0.667 bits per heavy atom. The summed E-state index contributed by atoms with van der Waals surface area (Å²) >= 11 is 0. The predicted molar refractivity (Wildman–Crippen MR) is 233 cm³/mol. The molecule has 8 aromatic rings. The van der Waals surface area contributed by atoms with E-state index in [4.69, 9.17) is 14.4 Å². The van der Waals surface area contributed by atoms with Crippen molar-refractivity contribution in [1.29, 1.82) is 0 Å². The monoisotopic (exact) mass is 755 g/mol.